The molecule has 26 heavy (non-hydrogen) atoms. The molecule has 0 fully saturated rings. The zero-order valence-corrected chi connectivity index (χ0v) is 14.5. The fourth-order valence-electron chi connectivity index (χ4n) is 3.47. The normalized spacial score (nSPS) is 14.0. The Morgan fingerprint density at radius 2 is 1.73 bits per heavy atom. The SMILES string of the molecule is N#Cc1ccc(CN2CCc3[nH]n(Cc4ccccc4)c(=O)c3C2)cc1. The van der Waals surface area contributed by atoms with E-state index in [1.165, 1.54) is 0 Å². The van der Waals surface area contributed by atoms with Crippen LogP contribution in [0, 0.1) is 11.3 Å². The minimum absolute atomic E-state index is 0.0772. The highest BCUT2D eigenvalue weighted by Gasteiger charge is 2.22. The van der Waals surface area contributed by atoms with Crippen LogP contribution >= 0.6 is 0 Å². The Bertz CT molecular complexity index is 993. The third-order valence-electron chi connectivity index (χ3n) is 4.87. The number of hydrogen-bond acceptors (Lipinski definition) is 3. The summed E-state index contributed by atoms with van der Waals surface area (Å²) in [4.78, 5) is 15.1. The number of nitriles is 1. The zero-order valence-electron chi connectivity index (χ0n) is 14.5. The molecule has 2 heterocycles. The van der Waals surface area contributed by atoms with E-state index in [0.717, 1.165) is 41.9 Å². The van der Waals surface area contributed by atoms with Crippen LogP contribution in [-0.2, 0) is 26.1 Å². The monoisotopic (exact) mass is 344 g/mol. The first-order chi connectivity index (χ1) is 12.7. The number of nitrogens with one attached hydrogen (secondary N) is 1. The summed E-state index contributed by atoms with van der Waals surface area (Å²) in [5.74, 6) is 0. The molecule has 0 atom stereocenters. The van der Waals surface area contributed by atoms with E-state index in [4.69, 9.17) is 5.26 Å². The van der Waals surface area contributed by atoms with Crippen molar-refractivity contribution in [3.63, 3.8) is 0 Å². The Morgan fingerprint density at radius 3 is 2.46 bits per heavy atom. The van der Waals surface area contributed by atoms with Gasteiger partial charge in [0.05, 0.1) is 23.7 Å². The Morgan fingerprint density at radius 1 is 1.00 bits per heavy atom. The van der Waals surface area contributed by atoms with Crippen molar-refractivity contribution in [1.82, 2.24) is 14.7 Å². The Hall–Kier alpha value is -3.10. The average molecular weight is 344 g/mol. The van der Waals surface area contributed by atoms with Crippen molar-refractivity contribution >= 4 is 0 Å². The predicted molar refractivity (Wildman–Crippen MR) is 99.6 cm³/mol. The highest BCUT2D eigenvalue weighted by Crippen LogP contribution is 2.17. The minimum atomic E-state index is 0.0772. The molecule has 0 unspecified atom stereocenters. The molecule has 0 aliphatic carbocycles. The van der Waals surface area contributed by atoms with E-state index in [1.54, 1.807) is 4.68 Å². The number of hydrogen-bond donors (Lipinski definition) is 1. The molecule has 5 nitrogen and oxygen atoms in total. The van der Waals surface area contributed by atoms with Gasteiger partial charge in [0.15, 0.2) is 0 Å². The van der Waals surface area contributed by atoms with Gasteiger partial charge in [-0.1, -0.05) is 42.5 Å². The van der Waals surface area contributed by atoms with Crippen LogP contribution in [0.2, 0.25) is 0 Å². The molecule has 1 N–H and O–H groups in total. The van der Waals surface area contributed by atoms with Gasteiger partial charge in [-0.2, -0.15) is 5.26 Å². The van der Waals surface area contributed by atoms with Gasteiger partial charge in [-0.3, -0.25) is 14.8 Å². The van der Waals surface area contributed by atoms with Gasteiger partial charge in [-0.15, -0.1) is 0 Å². The van der Waals surface area contributed by atoms with Crippen LogP contribution in [0.5, 0.6) is 0 Å². The highest BCUT2D eigenvalue weighted by atomic mass is 16.1. The van der Waals surface area contributed by atoms with E-state index in [2.05, 4.69) is 16.1 Å². The fourth-order valence-corrected chi connectivity index (χ4v) is 3.47. The largest absolute Gasteiger partial charge is 0.299 e. The first-order valence-electron chi connectivity index (χ1n) is 8.79. The van der Waals surface area contributed by atoms with Gasteiger partial charge < -0.3 is 0 Å². The van der Waals surface area contributed by atoms with Gasteiger partial charge in [-0.05, 0) is 23.3 Å². The lowest BCUT2D eigenvalue weighted by Gasteiger charge is -2.25. The Labute approximate surface area is 152 Å². The molecule has 4 rings (SSSR count). The lowest BCUT2D eigenvalue weighted by molar-refractivity contribution is 0.244. The second-order valence-electron chi connectivity index (χ2n) is 6.72. The molecule has 0 bridgehead atoms. The van der Waals surface area contributed by atoms with Gasteiger partial charge in [0.2, 0.25) is 0 Å². The van der Waals surface area contributed by atoms with Crippen molar-refractivity contribution in [2.45, 2.75) is 26.1 Å². The number of nitrogens with zero attached hydrogens (tertiary/aromatic N) is 3. The number of aromatic amines is 1. The van der Waals surface area contributed by atoms with Gasteiger partial charge in [-0.25, -0.2) is 4.68 Å². The topological polar surface area (TPSA) is 64.8 Å². The van der Waals surface area contributed by atoms with Crippen LogP contribution in [0.3, 0.4) is 0 Å². The maximum absolute atomic E-state index is 12.8. The quantitative estimate of drug-likeness (QED) is 0.791. The maximum Gasteiger partial charge on any atom is 0.271 e. The van der Waals surface area contributed by atoms with Gasteiger partial charge in [0.1, 0.15) is 0 Å². The number of benzene rings is 2. The van der Waals surface area contributed by atoms with Crippen molar-refractivity contribution in [2.75, 3.05) is 6.54 Å². The van der Waals surface area contributed by atoms with Gasteiger partial charge >= 0.3 is 0 Å². The van der Waals surface area contributed by atoms with E-state index in [-0.39, 0.29) is 5.56 Å². The Kier molecular flexibility index (Phi) is 4.42. The summed E-state index contributed by atoms with van der Waals surface area (Å²) in [7, 11) is 0. The summed E-state index contributed by atoms with van der Waals surface area (Å²) in [6, 6.07) is 19.8. The lowest BCUT2D eigenvalue weighted by atomic mass is 10.1. The van der Waals surface area contributed by atoms with Crippen LogP contribution in [0.4, 0.5) is 0 Å². The molecule has 2 aromatic carbocycles. The molecule has 0 saturated heterocycles. The highest BCUT2D eigenvalue weighted by molar-refractivity contribution is 5.32. The summed E-state index contributed by atoms with van der Waals surface area (Å²) < 4.78 is 1.71. The number of rotatable bonds is 4. The first-order valence-corrected chi connectivity index (χ1v) is 8.79. The van der Waals surface area contributed by atoms with Crippen molar-refractivity contribution in [1.29, 1.82) is 5.26 Å². The number of fused-ring (bicyclic) bond motifs is 1. The lowest BCUT2D eigenvalue weighted by Crippen LogP contribution is -2.32. The van der Waals surface area contributed by atoms with E-state index in [0.29, 0.717) is 18.7 Å². The van der Waals surface area contributed by atoms with Crippen molar-refractivity contribution in [2.24, 2.45) is 0 Å². The number of H-pyrrole nitrogens is 1. The molecule has 0 spiro atoms. The summed E-state index contributed by atoms with van der Waals surface area (Å²) in [6.45, 7) is 2.93. The third kappa shape index (κ3) is 3.32. The third-order valence-corrected chi connectivity index (χ3v) is 4.87. The second-order valence-corrected chi connectivity index (χ2v) is 6.72. The molecule has 3 aromatic rings. The van der Waals surface area contributed by atoms with Crippen LogP contribution in [0.25, 0.3) is 0 Å². The smallest absolute Gasteiger partial charge is 0.271 e. The van der Waals surface area contributed by atoms with Crippen LogP contribution in [0.1, 0.15) is 27.9 Å². The molecule has 130 valence electrons. The Balaban J connectivity index is 1.49. The first kappa shape index (κ1) is 16.4. The maximum atomic E-state index is 12.8. The molecule has 1 aliphatic rings. The minimum Gasteiger partial charge on any atom is -0.299 e. The molecular formula is C21H20N4O. The van der Waals surface area contributed by atoms with Crippen molar-refractivity contribution in [3.8, 4) is 6.07 Å². The summed E-state index contributed by atoms with van der Waals surface area (Å²) in [6.07, 6.45) is 0.850. The van der Waals surface area contributed by atoms with Gasteiger partial charge in [0, 0.05) is 31.7 Å². The van der Waals surface area contributed by atoms with E-state index in [1.807, 2.05) is 54.6 Å². The predicted octanol–water partition coefficient (Wildman–Crippen LogP) is 2.65. The molecular weight excluding hydrogens is 324 g/mol. The average Bonchev–Trinajstić information content (AvgIpc) is 2.99. The van der Waals surface area contributed by atoms with Gasteiger partial charge in [0.25, 0.3) is 5.56 Å². The summed E-state index contributed by atoms with van der Waals surface area (Å²) in [5, 5.41) is 12.2. The number of aromatic nitrogens is 2. The van der Waals surface area contributed by atoms with Crippen LogP contribution in [0.15, 0.2) is 59.4 Å². The van der Waals surface area contributed by atoms with E-state index in [9.17, 15) is 4.79 Å². The van der Waals surface area contributed by atoms with E-state index >= 15 is 0 Å². The van der Waals surface area contributed by atoms with E-state index < -0.39 is 0 Å². The zero-order chi connectivity index (χ0) is 17.9. The van der Waals surface area contributed by atoms with Crippen LogP contribution in [-0.4, -0.2) is 21.2 Å². The molecule has 0 radical (unpaired) electrons. The molecule has 5 heteroatoms. The second kappa shape index (κ2) is 7.03. The molecule has 0 saturated carbocycles. The molecule has 0 amide bonds. The van der Waals surface area contributed by atoms with Crippen molar-refractivity contribution in [3.05, 3.63) is 92.9 Å². The summed E-state index contributed by atoms with van der Waals surface area (Å²) in [5.41, 5.74) is 4.95. The van der Waals surface area contributed by atoms with Crippen LogP contribution < -0.4 is 5.56 Å². The van der Waals surface area contributed by atoms with Crippen molar-refractivity contribution < 1.29 is 0 Å². The molecule has 1 aliphatic heterocycles. The summed E-state index contributed by atoms with van der Waals surface area (Å²) >= 11 is 0. The standard InChI is InChI=1S/C21H20N4O/c22-12-16-6-8-18(9-7-16)13-24-11-10-20-19(15-24)21(26)25(23-20)14-17-4-2-1-3-5-17/h1-9,23H,10-11,13-15H2. The fraction of sp³-hybridized carbons (Fsp3) is 0.238. The molecule has 1 aromatic heterocycles.